The van der Waals surface area contributed by atoms with Crippen molar-refractivity contribution < 1.29 is 5.11 Å². The molecule has 0 aliphatic heterocycles. The Morgan fingerprint density at radius 3 is 2.85 bits per heavy atom. The summed E-state index contributed by atoms with van der Waals surface area (Å²) in [4.78, 5) is 4.00. The Bertz CT molecular complexity index is 558. The molecule has 0 aliphatic rings. The van der Waals surface area contributed by atoms with Crippen molar-refractivity contribution >= 4 is 23.2 Å². The van der Waals surface area contributed by atoms with Gasteiger partial charge in [0.15, 0.2) is 0 Å². The van der Waals surface area contributed by atoms with Crippen LogP contribution in [0.1, 0.15) is 24.9 Å². The minimum atomic E-state index is 0.0355. The van der Waals surface area contributed by atoms with Gasteiger partial charge in [-0.3, -0.25) is 0 Å². The third-order valence-electron chi connectivity index (χ3n) is 3.20. The quantitative estimate of drug-likeness (QED) is 0.856. The predicted octanol–water partition coefficient (Wildman–Crippen LogP) is 3.64. The number of nitrogens with one attached hydrogen (secondary N) is 1. The molecule has 2 N–H and O–H groups in total. The molecule has 108 valence electrons. The molecule has 0 saturated heterocycles. The van der Waals surface area contributed by atoms with Gasteiger partial charge in [-0.1, -0.05) is 36.2 Å². The standard InChI is InChI=1S/C14H17Cl2N3O/c1-2-12(18-6-8-19-7-5-17-9-19)10-3-4-11(15)13(16)14(10)20/h3-5,7,9,12,18,20H,2,6,8H2,1H3/t12-/m1/s1. The van der Waals surface area contributed by atoms with Gasteiger partial charge in [0.2, 0.25) is 0 Å². The number of phenolic OH excluding ortho intramolecular Hbond substituents is 1. The Morgan fingerprint density at radius 2 is 2.20 bits per heavy atom. The summed E-state index contributed by atoms with van der Waals surface area (Å²) in [5.41, 5.74) is 0.771. The summed E-state index contributed by atoms with van der Waals surface area (Å²) in [6.07, 6.45) is 6.29. The van der Waals surface area contributed by atoms with Gasteiger partial charge in [0, 0.05) is 37.1 Å². The lowest BCUT2D eigenvalue weighted by Gasteiger charge is -2.19. The maximum absolute atomic E-state index is 10.1. The van der Waals surface area contributed by atoms with Crippen molar-refractivity contribution in [1.29, 1.82) is 0 Å². The molecule has 1 atom stereocenters. The fraction of sp³-hybridized carbons (Fsp3) is 0.357. The molecule has 0 aliphatic carbocycles. The summed E-state index contributed by atoms with van der Waals surface area (Å²) >= 11 is 11.9. The summed E-state index contributed by atoms with van der Waals surface area (Å²) in [6, 6.07) is 3.55. The number of hydrogen-bond donors (Lipinski definition) is 2. The monoisotopic (exact) mass is 313 g/mol. The lowest BCUT2D eigenvalue weighted by Crippen LogP contribution is -2.24. The van der Waals surface area contributed by atoms with E-state index >= 15 is 0 Å². The number of nitrogens with zero attached hydrogens (tertiary/aromatic N) is 2. The fourth-order valence-corrected chi connectivity index (χ4v) is 2.42. The predicted molar refractivity (Wildman–Crippen MR) is 81.4 cm³/mol. The van der Waals surface area contributed by atoms with Crippen molar-refractivity contribution in [1.82, 2.24) is 14.9 Å². The van der Waals surface area contributed by atoms with E-state index < -0.39 is 0 Å². The highest BCUT2D eigenvalue weighted by molar-refractivity contribution is 6.43. The Labute approximate surface area is 128 Å². The van der Waals surface area contributed by atoms with Crippen LogP contribution in [0.2, 0.25) is 10.0 Å². The van der Waals surface area contributed by atoms with E-state index in [0.717, 1.165) is 25.1 Å². The van der Waals surface area contributed by atoms with E-state index in [1.807, 2.05) is 16.8 Å². The largest absolute Gasteiger partial charge is 0.506 e. The number of hydrogen-bond acceptors (Lipinski definition) is 3. The summed E-state index contributed by atoms with van der Waals surface area (Å²) in [5, 5.41) is 14.1. The average Bonchev–Trinajstić information content (AvgIpc) is 2.95. The lowest BCUT2D eigenvalue weighted by atomic mass is 10.0. The molecule has 0 amide bonds. The Hall–Kier alpha value is -1.23. The van der Waals surface area contributed by atoms with Gasteiger partial charge in [-0.15, -0.1) is 0 Å². The van der Waals surface area contributed by atoms with Crippen LogP contribution >= 0.6 is 23.2 Å². The van der Waals surface area contributed by atoms with E-state index in [1.165, 1.54) is 0 Å². The first-order chi connectivity index (χ1) is 9.63. The summed E-state index contributed by atoms with van der Waals surface area (Å²) < 4.78 is 1.99. The number of phenols is 1. The molecule has 1 aromatic heterocycles. The van der Waals surface area contributed by atoms with Gasteiger partial charge in [0.25, 0.3) is 0 Å². The zero-order valence-electron chi connectivity index (χ0n) is 11.2. The van der Waals surface area contributed by atoms with Crippen LogP contribution in [-0.2, 0) is 6.54 Å². The van der Waals surface area contributed by atoms with E-state index in [1.54, 1.807) is 18.6 Å². The first kappa shape index (κ1) is 15.2. The van der Waals surface area contributed by atoms with E-state index in [0.29, 0.717) is 5.02 Å². The second-order valence-corrected chi connectivity index (χ2v) is 5.30. The first-order valence-corrected chi connectivity index (χ1v) is 7.25. The maximum Gasteiger partial charge on any atom is 0.140 e. The molecule has 2 aromatic rings. The van der Waals surface area contributed by atoms with Crippen molar-refractivity contribution in [3.8, 4) is 5.75 Å². The number of halogens is 2. The molecule has 0 unspecified atom stereocenters. The van der Waals surface area contributed by atoms with Gasteiger partial charge in [-0.05, 0) is 12.5 Å². The topological polar surface area (TPSA) is 50.1 Å². The molecule has 4 nitrogen and oxygen atoms in total. The fourth-order valence-electron chi connectivity index (χ4n) is 2.10. The molecule has 0 radical (unpaired) electrons. The molecule has 6 heteroatoms. The van der Waals surface area contributed by atoms with Gasteiger partial charge in [0.05, 0.1) is 11.3 Å². The van der Waals surface area contributed by atoms with E-state index in [2.05, 4.69) is 17.2 Å². The second kappa shape index (κ2) is 6.97. The third kappa shape index (κ3) is 3.45. The molecule has 0 saturated carbocycles. The van der Waals surface area contributed by atoms with Crippen LogP contribution in [0.15, 0.2) is 30.9 Å². The molecule has 1 aromatic carbocycles. The van der Waals surface area contributed by atoms with Crippen LogP contribution in [0.4, 0.5) is 0 Å². The minimum absolute atomic E-state index is 0.0355. The summed E-state index contributed by atoms with van der Waals surface area (Å²) in [6.45, 7) is 3.64. The number of imidazole rings is 1. The maximum atomic E-state index is 10.1. The van der Waals surface area contributed by atoms with E-state index in [-0.39, 0.29) is 16.8 Å². The van der Waals surface area contributed by atoms with Crippen molar-refractivity contribution in [3.63, 3.8) is 0 Å². The van der Waals surface area contributed by atoms with Crippen LogP contribution in [0.3, 0.4) is 0 Å². The first-order valence-electron chi connectivity index (χ1n) is 6.49. The highest BCUT2D eigenvalue weighted by Crippen LogP contribution is 2.37. The van der Waals surface area contributed by atoms with Crippen LogP contribution in [-0.4, -0.2) is 21.2 Å². The molecule has 2 rings (SSSR count). The van der Waals surface area contributed by atoms with Crippen LogP contribution in [0, 0.1) is 0 Å². The van der Waals surface area contributed by atoms with Crippen molar-refractivity contribution in [2.45, 2.75) is 25.9 Å². The number of benzene rings is 1. The molecule has 1 heterocycles. The lowest BCUT2D eigenvalue weighted by molar-refractivity contribution is 0.436. The Kier molecular flexibility index (Phi) is 5.29. The van der Waals surface area contributed by atoms with Crippen molar-refractivity contribution in [2.24, 2.45) is 0 Å². The van der Waals surface area contributed by atoms with E-state index in [4.69, 9.17) is 23.2 Å². The second-order valence-electron chi connectivity index (χ2n) is 4.51. The molecule has 20 heavy (non-hydrogen) atoms. The normalized spacial score (nSPS) is 12.6. The van der Waals surface area contributed by atoms with Crippen LogP contribution in [0.5, 0.6) is 5.75 Å². The van der Waals surface area contributed by atoms with Crippen molar-refractivity contribution in [3.05, 3.63) is 46.5 Å². The van der Waals surface area contributed by atoms with Gasteiger partial charge in [-0.2, -0.15) is 0 Å². The molecule has 0 spiro atoms. The van der Waals surface area contributed by atoms with Crippen LogP contribution in [0.25, 0.3) is 0 Å². The Balaban J connectivity index is 2.03. The Morgan fingerprint density at radius 1 is 1.40 bits per heavy atom. The summed E-state index contributed by atoms with van der Waals surface area (Å²) in [5.74, 6) is 0.0566. The van der Waals surface area contributed by atoms with Gasteiger partial charge in [0.1, 0.15) is 10.8 Å². The number of aromatic hydroxyl groups is 1. The average molecular weight is 314 g/mol. The van der Waals surface area contributed by atoms with Gasteiger partial charge in [-0.25, -0.2) is 4.98 Å². The summed E-state index contributed by atoms with van der Waals surface area (Å²) in [7, 11) is 0. The smallest absolute Gasteiger partial charge is 0.140 e. The minimum Gasteiger partial charge on any atom is -0.506 e. The molecular weight excluding hydrogens is 297 g/mol. The van der Waals surface area contributed by atoms with Crippen molar-refractivity contribution in [2.75, 3.05) is 6.54 Å². The highest BCUT2D eigenvalue weighted by Gasteiger charge is 2.16. The van der Waals surface area contributed by atoms with Gasteiger partial charge < -0.3 is 15.0 Å². The zero-order valence-corrected chi connectivity index (χ0v) is 12.7. The zero-order chi connectivity index (χ0) is 14.5. The number of aromatic nitrogens is 2. The van der Waals surface area contributed by atoms with Crippen LogP contribution < -0.4 is 5.32 Å². The third-order valence-corrected chi connectivity index (χ3v) is 4.00. The molecular formula is C14H17Cl2N3O. The SMILES string of the molecule is CC[C@@H](NCCn1ccnc1)c1ccc(Cl)c(Cl)c1O. The van der Waals surface area contributed by atoms with E-state index in [9.17, 15) is 5.11 Å². The number of rotatable bonds is 6. The van der Waals surface area contributed by atoms with Gasteiger partial charge >= 0.3 is 0 Å². The highest BCUT2D eigenvalue weighted by atomic mass is 35.5. The molecule has 0 bridgehead atoms. The molecule has 0 fully saturated rings.